The molecular formula is C14H18O4. The van der Waals surface area contributed by atoms with Gasteiger partial charge in [0.25, 0.3) is 0 Å². The van der Waals surface area contributed by atoms with Crippen LogP contribution in [0.5, 0.6) is 0 Å². The van der Waals surface area contributed by atoms with Gasteiger partial charge in [0.2, 0.25) is 0 Å². The lowest BCUT2D eigenvalue weighted by Gasteiger charge is -2.04. The molecule has 0 heterocycles. The molecule has 0 aliphatic carbocycles. The van der Waals surface area contributed by atoms with Gasteiger partial charge in [0, 0.05) is 0 Å². The predicted octanol–water partition coefficient (Wildman–Crippen LogP) is 2.38. The molecule has 0 N–H and O–H groups in total. The third kappa shape index (κ3) is 5.12. The Morgan fingerprint density at radius 1 is 1.28 bits per heavy atom. The molecule has 18 heavy (non-hydrogen) atoms. The number of rotatable bonds is 7. The maximum Gasteiger partial charge on any atom is 0.309 e. The van der Waals surface area contributed by atoms with Gasteiger partial charge in [0.15, 0.2) is 0 Å². The Labute approximate surface area is 107 Å². The highest BCUT2D eigenvalue weighted by Crippen LogP contribution is 2.12. The molecule has 0 atom stereocenters. The number of ether oxygens (including phenoxy) is 1. The monoisotopic (exact) mass is 250 g/mol. The second-order valence-corrected chi connectivity index (χ2v) is 3.55. The lowest BCUT2D eigenvalue weighted by Crippen LogP contribution is -2.05. The minimum atomic E-state index is -0.249. The molecule has 0 radical (unpaired) electrons. The van der Waals surface area contributed by atoms with E-state index in [-0.39, 0.29) is 12.4 Å². The minimum Gasteiger partial charge on any atom is -0.469 e. The van der Waals surface area contributed by atoms with Crippen molar-refractivity contribution < 1.29 is 19.3 Å². The summed E-state index contributed by atoms with van der Waals surface area (Å²) in [4.78, 5) is 20.9. The summed E-state index contributed by atoms with van der Waals surface area (Å²) in [6.45, 7) is 2.75. The molecule has 0 aliphatic heterocycles. The number of benzene rings is 1. The van der Waals surface area contributed by atoms with Crippen molar-refractivity contribution in [1.29, 1.82) is 0 Å². The van der Waals surface area contributed by atoms with Gasteiger partial charge in [-0.25, -0.2) is 9.78 Å². The highest BCUT2D eigenvalue weighted by Gasteiger charge is 2.05. The standard InChI is InChI=1S/C14H18O4/c1-3-17-18-10-6-9-12-7-4-5-8-13(12)11-14(15)16-2/h4-9H,3,10-11H2,1-2H3/b9-6-. The smallest absolute Gasteiger partial charge is 0.309 e. The Bertz CT molecular complexity index is 399. The summed E-state index contributed by atoms with van der Waals surface area (Å²) in [7, 11) is 1.39. The van der Waals surface area contributed by atoms with Gasteiger partial charge in [-0.15, -0.1) is 0 Å². The zero-order valence-corrected chi connectivity index (χ0v) is 10.7. The van der Waals surface area contributed by atoms with Gasteiger partial charge in [0.1, 0.15) is 6.61 Å². The molecule has 1 aromatic carbocycles. The number of methoxy groups -OCH3 is 1. The van der Waals surface area contributed by atoms with Crippen molar-refractivity contribution in [1.82, 2.24) is 0 Å². The van der Waals surface area contributed by atoms with E-state index in [0.717, 1.165) is 11.1 Å². The number of hydrogen-bond donors (Lipinski definition) is 0. The van der Waals surface area contributed by atoms with Crippen LogP contribution in [0.4, 0.5) is 0 Å². The Morgan fingerprint density at radius 2 is 2.06 bits per heavy atom. The number of esters is 1. The average Bonchev–Trinajstić information content (AvgIpc) is 2.40. The Balaban J connectivity index is 2.61. The summed E-state index contributed by atoms with van der Waals surface area (Å²) in [5.41, 5.74) is 1.90. The van der Waals surface area contributed by atoms with E-state index in [9.17, 15) is 4.79 Å². The summed E-state index contributed by atoms with van der Waals surface area (Å²) in [5.74, 6) is -0.249. The van der Waals surface area contributed by atoms with Crippen molar-refractivity contribution in [3.05, 3.63) is 41.5 Å². The van der Waals surface area contributed by atoms with Crippen LogP contribution in [0.3, 0.4) is 0 Å². The summed E-state index contributed by atoms with van der Waals surface area (Å²) >= 11 is 0. The molecule has 0 unspecified atom stereocenters. The van der Waals surface area contributed by atoms with Gasteiger partial charge in [-0.2, -0.15) is 0 Å². The molecule has 0 saturated carbocycles. The van der Waals surface area contributed by atoms with Crippen molar-refractivity contribution in [2.24, 2.45) is 0 Å². The summed E-state index contributed by atoms with van der Waals surface area (Å²) in [6.07, 6.45) is 4.01. The number of carbonyl (C=O) groups excluding carboxylic acids is 1. The highest BCUT2D eigenvalue weighted by molar-refractivity contribution is 5.74. The second-order valence-electron chi connectivity index (χ2n) is 3.55. The SMILES string of the molecule is CCOOC/C=C\c1ccccc1CC(=O)OC. The lowest BCUT2D eigenvalue weighted by molar-refractivity contribution is -0.282. The van der Waals surface area contributed by atoms with Gasteiger partial charge in [-0.05, 0) is 18.1 Å². The van der Waals surface area contributed by atoms with Gasteiger partial charge in [-0.1, -0.05) is 36.4 Å². The summed E-state index contributed by atoms with van der Waals surface area (Å²) < 4.78 is 4.66. The fraction of sp³-hybridized carbons (Fsp3) is 0.357. The predicted molar refractivity (Wildman–Crippen MR) is 68.8 cm³/mol. The summed E-state index contributed by atoms with van der Waals surface area (Å²) in [6, 6.07) is 7.66. The zero-order valence-electron chi connectivity index (χ0n) is 10.7. The molecule has 0 spiro atoms. The largest absolute Gasteiger partial charge is 0.469 e. The van der Waals surface area contributed by atoms with Crippen LogP contribution in [0.15, 0.2) is 30.3 Å². The first-order valence-corrected chi connectivity index (χ1v) is 5.83. The van der Waals surface area contributed by atoms with Crippen LogP contribution in [-0.2, 0) is 25.7 Å². The van der Waals surface area contributed by atoms with Crippen molar-refractivity contribution in [2.75, 3.05) is 20.3 Å². The molecule has 1 aromatic rings. The third-order valence-corrected chi connectivity index (χ3v) is 2.28. The second kappa shape index (κ2) is 8.44. The zero-order chi connectivity index (χ0) is 13.2. The van der Waals surface area contributed by atoms with Crippen LogP contribution in [0.2, 0.25) is 0 Å². The molecule has 98 valence electrons. The van der Waals surface area contributed by atoms with Gasteiger partial charge in [-0.3, -0.25) is 4.79 Å². The Kier molecular flexibility index (Phi) is 6.76. The van der Waals surface area contributed by atoms with E-state index in [0.29, 0.717) is 13.2 Å². The fourth-order valence-electron chi connectivity index (χ4n) is 1.43. The van der Waals surface area contributed by atoms with Crippen molar-refractivity contribution in [3.8, 4) is 0 Å². The van der Waals surface area contributed by atoms with E-state index in [1.807, 2.05) is 43.3 Å². The van der Waals surface area contributed by atoms with E-state index in [4.69, 9.17) is 9.78 Å². The van der Waals surface area contributed by atoms with Crippen LogP contribution < -0.4 is 0 Å². The van der Waals surface area contributed by atoms with Crippen LogP contribution in [0, 0.1) is 0 Å². The van der Waals surface area contributed by atoms with E-state index in [2.05, 4.69) is 4.74 Å². The van der Waals surface area contributed by atoms with E-state index < -0.39 is 0 Å². The highest BCUT2D eigenvalue weighted by atomic mass is 17.2. The first-order valence-electron chi connectivity index (χ1n) is 5.83. The average molecular weight is 250 g/mol. The van der Waals surface area contributed by atoms with Crippen LogP contribution >= 0.6 is 0 Å². The maximum atomic E-state index is 11.3. The molecule has 0 aromatic heterocycles. The van der Waals surface area contributed by atoms with Crippen molar-refractivity contribution in [3.63, 3.8) is 0 Å². The fourth-order valence-corrected chi connectivity index (χ4v) is 1.43. The topological polar surface area (TPSA) is 44.8 Å². The molecule has 0 bridgehead atoms. The number of hydrogen-bond acceptors (Lipinski definition) is 4. The van der Waals surface area contributed by atoms with Crippen LogP contribution in [0.1, 0.15) is 18.1 Å². The molecule has 4 nitrogen and oxygen atoms in total. The van der Waals surface area contributed by atoms with Crippen molar-refractivity contribution in [2.45, 2.75) is 13.3 Å². The molecule has 1 rings (SSSR count). The normalized spacial score (nSPS) is 10.8. The third-order valence-electron chi connectivity index (χ3n) is 2.28. The molecule has 0 amide bonds. The molecule has 4 heteroatoms. The summed E-state index contributed by atoms with van der Waals surface area (Å²) in [5, 5.41) is 0. The van der Waals surface area contributed by atoms with E-state index in [1.165, 1.54) is 7.11 Å². The van der Waals surface area contributed by atoms with Crippen LogP contribution in [0.25, 0.3) is 6.08 Å². The number of carbonyl (C=O) groups is 1. The van der Waals surface area contributed by atoms with Crippen molar-refractivity contribution >= 4 is 12.0 Å². The van der Waals surface area contributed by atoms with Gasteiger partial charge in [0.05, 0.1) is 20.1 Å². The van der Waals surface area contributed by atoms with Gasteiger partial charge < -0.3 is 4.74 Å². The minimum absolute atomic E-state index is 0.249. The molecule has 0 fully saturated rings. The van der Waals surface area contributed by atoms with Crippen LogP contribution in [-0.4, -0.2) is 26.3 Å². The first kappa shape index (κ1) is 14.4. The van der Waals surface area contributed by atoms with Gasteiger partial charge >= 0.3 is 5.97 Å². The first-order chi connectivity index (χ1) is 8.77. The van der Waals surface area contributed by atoms with E-state index >= 15 is 0 Å². The van der Waals surface area contributed by atoms with E-state index in [1.54, 1.807) is 0 Å². The molecular weight excluding hydrogens is 232 g/mol. The Morgan fingerprint density at radius 3 is 2.78 bits per heavy atom. The quantitative estimate of drug-likeness (QED) is 0.322. The lowest BCUT2D eigenvalue weighted by atomic mass is 10.0. The molecule has 0 aliphatic rings. The molecule has 0 saturated heterocycles. The Hall–Kier alpha value is -1.65. The maximum absolute atomic E-state index is 11.3.